The number of hydrogen-bond acceptors (Lipinski definition) is 7. The molecule has 0 unspecified atom stereocenters. The number of hydrogen-bond donors (Lipinski definition) is 1. The van der Waals surface area contributed by atoms with Crippen molar-refractivity contribution in [3.05, 3.63) is 47.7 Å². The van der Waals surface area contributed by atoms with E-state index in [1.807, 2.05) is 4.72 Å². The highest BCUT2D eigenvalue weighted by atomic mass is 32.2. The minimum atomic E-state index is -3.89. The number of carbonyl (C=O) groups is 2. The molecule has 1 amide bonds. The lowest BCUT2D eigenvalue weighted by Gasteiger charge is -2.05. The molecule has 2 heterocycles. The molecule has 9 heteroatoms. The van der Waals surface area contributed by atoms with Gasteiger partial charge >= 0.3 is 5.97 Å². The van der Waals surface area contributed by atoms with Gasteiger partial charge in [-0.15, -0.1) is 0 Å². The average Bonchev–Trinajstić information content (AvgIpc) is 3.16. The van der Waals surface area contributed by atoms with E-state index in [4.69, 9.17) is 4.42 Å². The molecule has 0 fully saturated rings. The molecular formula is C17H14N2O6S. The van der Waals surface area contributed by atoms with E-state index in [0.717, 1.165) is 6.92 Å². The van der Waals surface area contributed by atoms with Crippen molar-refractivity contribution >= 4 is 33.7 Å². The number of amides is 1. The molecule has 8 nitrogen and oxygen atoms in total. The zero-order valence-corrected chi connectivity index (χ0v) is 14.7. The van der Waals surface area contributed by atoms with Crippen LogP contribution in [-0.2, 0) is 24.4 Å². The first kappa shape index (κ1) is 17.6. The topological polar surface area (TPSA) is 115 Å². The second-order valence-corrected chi connectivity index (χ2v) is 7.18. The molecule has 0 radical (unpaired) electrons. The lowest BCUT2D eigenvalue weighted by molar-refractivity contribution is -0.136. The fraction of sp³-hybridized carbons (Fsp3) is 0.118. The molecule has 0 bridgehead atoms. The van der Waals surface area contributed by atoms with E-state index in [1.54, 1.807) is 31.2 Å². The molecular weight excluding hydrogens is 360 g/mol. The third-order valence-electron chi connectivity index (χ3n) is 3.52. The van der Waals surface area contributed by atoms with Crippen molar-refractivity contribution < 1.29 is 27.3 Å². The first-order valence-corrected chi connectivity index (χ1v) is 8.96. The van der Waals surface area contributed by atoms with Crippen molar-refractivity contribution in [1.29, 1.82) is 0 Å². The Morgan fingerprint density at radius 2 is 1.85 bits per heavy atom. The van der Waals surface area contributed by atoms with Crippen LogP contribution in [0.3, 0.4) is 0 Å². The summed E-state index contributed by atoms with van der Waals surface area (Å²) in [6, 6.07) is 9.21. The molecule has 2 aromatic rings. The monoisotopic (exact) mass is 374 g/mol. The Morgan fingerprint density at radius 3 is 2.42 bits per heavy atom. The Morgan fingerprint density at radius 1 is 1.15 bits per heavy atom. The largest absolute Gasteiger partial charge is 0.457 e. The number of benzene rings is 1. The molecule has 134 valence electrons. The van der Waals surface area contributed by atoms with Crippen LogP contribution >= 0.6 is 0 Å². The van der Waals surface area contributed by atoms with Gasteiger partial charge < -0.3 is 9.25 Å². The highest BCUT2D eigenvalue weighted by Gasteiger charge is 2.22. The number of carbonyl (C=O) groups excluding carboxylic acids is 2. The van der Waals surface area contributed by atoms with Gasteiger partial charge in [0.2, 0.25) is 5.91 Å². The lowest BCUT2D eigenvalue weighted by atomic mass is 10.1. The number of oxime groups is 1. The van der Waals surface area contributed by atoms with Gasteiger partial charge in [0.05, 0.1) is 16.2 Å². The maximum Gasteiger partial charge on any atom is 0.367 e. The Balaban J connectivity index is 1.84. The summed E-state index contributed by atoms with van der Waals surface area (Å²) >= 11 is 0. The van der Waals surface area contributed by atoms with Crippen LogP contribution in [0.25, 0.3) is 17.4 Å². The average molecular weight is 374 g/mol. The van der Waals surface area contributed by atoms with Gasteiger partial charge in [-0.25, -0.2) is 17.9 Å². The summed E-state index contributed by atoms with van der Waals surface area (Å²) in [7, 11) is -3.89. The molecule has 1 aliphatic rings. The van der Waals surface area contributed by atoms with E-state index in [0.29, 0.717) is 28.4 Å². The Labute approximate surface area is 149 Å². The van der Waals surface area contributed by atoms with E-state index in [2.05, 4.69) is 9.99 Å². The molecule has 26 heavy (non-hydrogen) atoms. The van der Waals surface area contributed by atoms with Gasteiger partial charge in [0.25, 0.3) is 10.0 Å². The quantitative estimate of drug-likeness (QED) is 0.647. The molecule has 0 saturated heterocycles. The van der Waals surface area contributed by atoms with Crippen LogP contribution < -0.4 is 4.72 Å². The van der Waals surface area contributed by atoms with Gasteiger partial charge in [-0.05, 0) is 49.4 Å². The summed E-state index contributed by atoms with van der Waals surface area (Å²) < 4.78 is 31.4. The smallest absolute Gasteiger partial charge is 0.367 e. The van der Waals surface area contributed by atoms with Crippen LogP contribution in [0.4, 0.5) is 0 Å². The molecule has 1 N–H and O–H groups in total. The second kappa shape index (κ2) is 6.60. The minimum Gasteiger partial charge on any atom is -0.457 e. The number of rotatable bonds is 4. The molecule has 0 aliphatic carbocycles. The van der Waals surface area contributed by atoms with E-state index >= 15 is 0 Å². The Kier molecular flexibility index (Phi) is 4.47. The van der Waals surface area contributed by atoms with Crippen LogP contribution in [0.2, 0.25) is 0 Å². The highest BCUT2D eigenvalue weighted by Crippen LogP contribution is 2.25. The summed E-state index contributed by atoms with van der Waals surface area (Å²) in [6.45, 7) is 2.77. The minimum absolute atomic E-state index is 0.0362. The maximum absolute atomic E-state index is 11.9. The zero-order chi connectivity index (χ0) is 18.9. The fourth-order valence-corrected chi connectivity index (χ4v) is 3.28. The summed E-state index contributed by atoms with van der Waals surface area (Å²) in [5, 5.41) is 3.58. The van der Waals surface area contributed by atoms with Crippen LogP contribution in [0.5, 0.6) is 0 Å². The van der Waals surface area contributed by atoms with Crippen molar-refractivity contribution in [1.82, 2.24) is 4.72 Å². The highest BCUT2D eigenvalue weighted by molar-refractivity contribution is 7.90. The molecule has 1 aromatic heterocycles. The van der Waals surface area contributed by atoms with Gasteiger partial charge in [-0.1, -0.05) is 5.16 Å². The van der Waals surface area contributed by atoms with Crippen LogP contribution in [0.15, 0.2) is 56.4 Å². The molecule has 0 atom stereocenters. The van der Waals surface area contributed by atoms with Crippen molar-refractivity contribution in [2.24, 2.45) is 5.16 Å². The molecule has 0 saturated carbocycles. The molecule has 0 spiro atoms. The van der Waals surface area contributed by atoms with E-state index in [1.165, 1.54) is 18.2 Å². The third kappa shape index (κ3) is 3.57. The predicted octanol–water partition coefficient (Wildman–Crippen LogP) is 2.09. The normalized spacial score (nSPS) is 15.7. The maximum atomic E-state index is 11.9. The molecule has 3 rings (SSSR count). The molecule has 1 aliphatic heterocycles. The predicted molar refractivity (Wildman–Crippen MR) is 92.3 cm³/mol. The first-order chi connectivity index (χ1) is 12.3. The lowest BCUT2D eigenvalue weighted by Crippen LogP contribution is -2.28. The summed E-state index contributed by atoms with van der Waals surface area (Å²) in [4.78, 5) is 27.0. The van der Waals surface area contributed by atoms with E-state index in [-0.39, 0.29) is 4.90 Å². The Bertz CT molecular complexity index is 1050. The van der Waals surface area contributed by atoms with Crippen molar-refractivity contribution in [3.63, 3.8) is 0 Å². The fourth-order valence-electron chi connectivity index (χ4n) is 2.29. The van der Waals surface area contributed by atoms with Gasteiger partial charge in [-0.2, -0.15) is 0 Å². The van der Waals surface area contributed by atoms with Crippen molar-refractivity contribution in [2.75, 3.05) is 0 Å². The van der Waals surface area contributed by atoms with Gasteiger partial charge in [0, 0.05) is 12.5 Å². The number of nitrogens with one attached hydrogen (secondary N) is 1. The molecule has 1 aromatic carbocycles. The third-order valence-corrected chi connectivity index (χ3v) is 4.96. The van der Waals surface area contributed by atoms with Gasteiger partial charge in [0.15, 0.2) is 0 Å². The van der Waals surface area contributed by atoms with E-state index < -0.39 is 21.9 Å². The van der Waals surface area contributed by atoms with Crippen molar-refractivity contribution in [3.8, 4) is 11.3 Å². The number of furan rings is 1. The van der Waals surface area contributed by atoms with Gasteiger partial charge in [-0.3, -0.25) is 4.79 Å². The van der Waals surface area contributed by atoms with Crippen molar-refractivity contribution in [2.45, 2.75) is 18.7 Å². The standard InChI is InChI=1S/C17H14N2O6S/c1-10-15(17(21)25-18-10)9-13-5-8-16(24-13)12-3-6-14(7-4-12)26(22,23)19-11(2)20/h3-9H,1-2H3,(H,19,20)/b15-9-. The SMILES string of the molecule is CC(=O)NS(=O)(=O)c1ccc(-c2ccc(/C=C3\C(=O)ON=C3C)o2)cc1. The first-order valence-electron chi connectivity index (χ1n) is 7.48. The summed E-state index contributed by atoms with van der Waals surface area (Å²) in [5.74, 6) is -0.297. The van der Waals surface area contributed by atoms with Crippen LogP contribution in [-0.4, -0.2) is 26.0 Å². The zero-order valence-electron chi connectivity index (χ0n) is 13.8. The summed E-state index contributed by atoms with van der Waals surface area (Å²) in [5.41, 5.74) is 1.40. The second-order valence-electron chi connectivity index (χ2n) is 5.50. The van der Waals surface area contributed by atoms with Crippen LogP contribution in [0.1, 0.15) is 19.6 Å². The Hall–Kier alpha value is -3.20. The number of sulfonamides is 1. The summed E-state index contributed by atoms with van der Waals surface area (Å²) in [6.07, 6.45) is 1.52. The van der Waals surface area contributed by atoms with E-state index in [9.17, 15) is 18.0 Å². The van der Waals surface area contributed by atoms with Crippen LogP contribution in [0, 0.1) is 0 Å². The van der Waals surface area contributed by atoms with Gasteiger partial charge in [0.1, 0.15) is 11.5 Å². The number of nitrogens with zero attached hydrogens (tertiary/aromatic N) is 1.